The summed E-state index contributed by atoms with van der Waals surface area (Å²) < 4.78 is 15.6. The van der Waals surface area contributed by atoms with Crippen LogP contribution in [-0.2, 0) is 22.6 Å². The maximum absolute atomic E-state index is 5.86. The van der Waals surface area contributed by atoms with Crippen LogP contribution in [0.4, 0.5) is 0 Å². The van der Waals surface area contributed by atoms with Gasteiger partial charge in [-0.1, -0.05) is 5.16 Å². The van der Waals surface area contributed by atoms with Crippen LogP contribution >= 0.6 is 0 Å². The number of ether oxygens (including phenoxy) is 2. The van der Waals surface area contributed by atoms with E-state index in [1.807, 2.05) is 6.07 Å². The molecule has 0 amide bonds. The summed E-state index contributed by atoms with van der Waals surface area (Å²) in [7, 11) is 3.41. The van der Waals surface area contributed by atoms with Gasteiger partial charge in [-0.25, -0.2) is 0 Å². The second-order valence-corrected chi connectivity index (χ2v) is 4.96. The summed E-state index contributed by atoms with van der Waals surface area (Å²) >= 11 is 0. The minimum Gasteiger partial charge on any atom is -0.381 e. The number of hydrogen-bond acceptors (Lipinski definition) is 6. The summed E-state index contributed by atoms with van der Waals surface area (Å²) in [5.74, 6) is 0.758. The topological polar surface area (TPSA) is 73.8 Å². The highest BCUT2D eigenvalue weighted by Gasteiger charge is 2.28. The van der Waals surface area contributed by atoms with E-state index in [4.69, 9.17) is 19.7 Å². The largest absolute Gasteiger partial charge is 0.381 e. The number of piperidine rings is 1. The smallest absolute Gasteiger partial charge is 0.162 e. The molecule has 1 fully saturated rings. The van der Waals surface area contributed by atoms with Gasteiger partial charge in [0.1, 0.15) is 6.61 Å². The molecule has 2 rings (SSSR count). The molecule has 2 atom stereocenters. The van der Waals surface area contributed by atoms with Gasteiger partial charge in [0.2, 0.25) is 0 Å². The molecule has 1 saturated heterocycles. The molecular formula is C13H23N3O3. The molecule has 0 saturated carbocycles. The third-order valence-corrected chi connectivity index (χ3v) is 3.65. The third kappa shape index (κ3) is 3.76. The minimum atomic E-state index is 0.325. The maximum Gasteiger partial charge on any atom is 0.162 e. The lowest BCUT2D eigenvalue weighted by atomic mass is 9.99. The summed E-state index contributed by atoms with van der Waals surface area (Å²) in [5, 5.41) is 4.07. The second kappa shape index (κ2) is 7.00. The van der Waals surface area contributed by atoms with Crippen molar-refractivity contribution >= 4 is 0 Å². The van der Waals surface area contributed by atoms with Crippen molar-refractivity contribution in [3.63, 3.8) is 0 Å². The third-order valence-electron chi connectivity index (χ3n) is 3.65. The van der Waals surface area contributed by atoms with E-state index in [1.165, 1.54) is 0 Å². The van der Waals surface area contributed by atoms with Gasteiger partial charge in [-0.05, 0) is 12.8 Å². The Morgan fingerprint density at radius 3 is 3.05 bits per heavy atom. The molecule has 0 aliphatic carbocycles. The van der Waals surface area contributed by atoms with Crippen LogP contribution < -0.4 is 5.73 Å². The molecule has 2 heterocycles. The Balaban J connectivity index is 1.93. The van der Waals surface area contributed by atoms with E-state index in [-0.39, 0.29) is 0 Å². The SMILES string of the molecule is COCc1cc(CN2CCC(OC)CC2CN)no1. The quantitative estimate of drug-likeness (QED) is 0.822. The van der Waals surface area contributed by atoms with E-state index in [1.54, 1.807) is 14.2 Å². The predicted octanol–water partition coefficient (Wildman–Crippen LogP) is 0.759. The Morgan fingerprint density at radius 1 is 1.53 bits per heavy atom. The van der Waals surface area contributed by atoms with Gasteiger partial charge in [0, 0.05) is 46.0 Å². The average Bonchev–Trinajstić information content (AvgIpc) is 2.87. The molecular weight excluding hydrogens is 246 g/mol. The van der Waals surface area contributed by atoms with Crippen molar-refractivity contribution in [1.29, 1.82) is 0 Å². The van der Waals surface area contributed by atoms with Crippen molar-refractivity contribution in [3.05, 3.63) is 17.5 Å². The lowest BCUT2D eigenvalue weighted by Crippen LogP contribution is -2.48. The highest BCUT2D eigenvalue weighted by Crippen LogP contribution is 2.21. The van der Waals surface area contributed by atoms with E-state index in [0.717, 1.165) is 37.4 Å². The fourth-order valence-electron chi connectivity index (χ4n) is 2.58. The van der Waals surface area contributed by atoms with Crippen LogP contribution in [0.15, 0.2) is 10.6 Å². The molecule has 1 aliphatic rings. The Kier molecular flexibility index (Phi) is 5.33. The molecule has 1 aliphatic heterocycles. The van der Waals surface area contributed by atoms with Crippen molar-refractivity contribution in [1.82, 2.24) is 10.1 Å². The van der Waals surface area contributed by atoms with Crippen molar-refractivity contribution in [2.45, 2.75) is 38.1 Å². The van der Waals surface area contributed by atoms with Crippen molar-refractivity contribution < 1.29 is 14.0 Å². The molecule has 1 aromatic rings. The second-order valence-electron chi connectivity index (χ2n) is 4.96. The number of hydrogen-bond donors (Lipinski definition) is 1. The van der Waals surface area contributed by atoms with Gasteiger partial charge in [-0.3, -0.25) is 4.90 Å². The monoisotopic (exact) mass is 269 g/mol. The number of rotatable bonds is 6. The lowest BCUT2D eigenvalue weighted by molar-refractivity contribution is 0.00948. The van der Waals surface area contributed by atoms with E-state index < -0.39 is 0 Å². The number of nitrogens with zero attached hydrogens (tertiary/aromatic N) is 2. The van der Waals surface area contributed by atoms with E-state index in [0.29, 0.717) is 25.3 Å². The van der Waals surface area contributed by atoms with Crippen LogP contribution in [0.5, 0.6) is 0 Å². The Labute approximate surface area is 113 Å². The zero-order valence-electron chi connectivity index (χ0n) is 11.7. The Morgan fingerprint density at radius 2 is 2.37 bits per heavy atom. The molecule has 2 unspecified atom stereocenters. The molecule has 6 nitrogen and oxygen atoms in total. The molecule has 19 heavy (non-hydrogen) atoms. The highest BCUT2D eigenvalue weighted by molar-refractivity contribution is 5.05. The van der Waals surface area contributed by atoms with Gasteiger partial charge < -0.3 is 19.7 Å². The average molecular weight is 269 g/mol. The summed E-state index contributed by atoms with van der Waals surface area (Å²) in [4.78, 5) is 2.35. The molecule has 0 radical (unpaired) electrons. The van der Waals surface area contributed by atoms with Crippen LogP contribution in [0.3, 0.4) is 0 Å². The van der Waals surface area contributed by atoms with Gasteiger partial charge >= 0.3 is 0 Å². The standard InChI is InChI=1S/C13H23N3O3/c1-17-9-13-5-10(15-19-13)8-16-4-3-12(18-2)6-11(16)7-14/h5,11-12H,3-4,6-9,14H2,1-2H3. The normalized spacial score (nSPS) is 24.8. The van der Waals surface area contributed by atoms with Crippen LogP contribution in [0.1, 0.15) is 24.3 Å². The van der Waals surface area contributed by atoms with Gasteiger partial charge in [0.25, 0.3) is 0 Å². The van der Waals surface area contributed by atoms with Gasteiger partial charge in [-0.15, -0.1) is 0 Å². The summed E-state index contributed by atoms with van der Waals surface area (Å²) in [6.07, 6.45) is 2.34. The number of nitrogens with two attached hydrogens (primary N) is 1. The van der Waals surface area contributed by atoms with E-state index >= 15 is 0 Å². The fraction of sp³-hybridized carbons (Fsp3) is 0.769. The van der Waals surface area contributed by atoms with Crippen molar-refractivity contribution in [2.24, 2.45) is 5.73 Å². The zero-order chi connectivity index (χ0) is 13.7. The molecule has 108 valence electrons. The molecule has 0 spiro atoms. The molecule has 2 N–H and O–H groups in total. The van der Waals surface area contributed by atoms with Gasteiger partial charge in [0.15, 0.2) is 5.76 Å². The number of likely N-dealkylation sites (tertiary alicyclic amines) is 1. The Hall–Kier alpha value is -0.950. The van der Waals surface area contributed by atoms with Crippen LogP contribution in [-0.4, -0.2) is 49.5 Å². The van der Waals surface area contributed by atoms with Crippen LogP contribution in [0.2, 0.25) is 0 Å². The minimum absolute atomic E-state index is 0.325. The van der Waals surface area contributed by atoms with E-state index in [9.17, 15) is 0 Å². The first kappa shape index (κ1) is 14.5. The predicted molar refractivity (Wildman–Crippen MR) is 70.5 cm³/mol. The summed E-state index contributed by atoms with van der Waals surface area (Å²) in [5.41, 5.74) is 6.79. The Bertz CT molecular complexity index is 383. The van der Waals surface area contributed by atoms with Gasteiger partial charge in [-0.2, -0.15) is 0 Å². The van der Waals surface area contributed by atoms with Crippen LogP contribution in [0.25, 0.3) is 0 Å². The molecule has 0 bridgehead atoms. The molecule has 6 heteroatoms. The highest BCUT2D eigenvalue weighted by atomic mass is 16.5. The number of methoxy groups -OCH3 is 2. The first-order valence-corrected chi connectivity index (χ1v) is 6.67. The van der Waals surface area contributed by atoms with Crippen LogP contribution in [0, 0.1) is 0 Å². The first-order valence-electron chi connectivity index (χ1n) is 6.67. The van der Waals surface area contributed by atoms with Crippen molar-refractivity contribution in [2.75, 3.05) is 27.3 Å². The zero-order valence-corrected chi connectivity index (χ0v) is 11.7. The summed E-state index contributed by atoms with van der Waals surface area (Å²) in [6, 6.07) is 2.29. The molecule has 1 aromatic heterocycles. The molecule has 0 aromatic carbocycles. The van der Waals surface area contributed by atoms with Gasteiger partial charge in [0.05, 0.1) is 11.8 Å². The fourth-order valence-corrected chi connectivity index (χ4v) is 2.58. The van der Waals surface area contributed by atoms with E-state index in [2.05, 4.69) is 10.1 Å². The maximum atomic E-state index is 5.86. The summed E-state index contributed by atoms with van der Waals surface area (Å²) in [6.45, 7) is 2.85. The lowest BCUT2D eigenvalue weighted by Gasteiger charge is -2.37. The number of aromatic nitrogens is 1. The first-order chi connectivity index (χ1) is 9.26. The van der Waals surface area contributed by atoms with Crippen molar-refractivity contribution in [3.8, 4) is 0 Å².